The lowest BCUT2D eigenvalue weighted by molar-refractivity contribution is 0.0746. The number of hydrogen-bond donors (Lipinski definition) is 1. The maximum atomic E-state index is 13.0. The van der Waals surface area contributed by atoms with Gasteiger partial charge in [0.15, 0.2) is 0 Å². The third kappa shape index (κ3) is 5.57. The average Bonchev–Trinajstić information content (AvgIpc) is 2.73. The Kier molecular flexibility index (Phi) is 6.85. The fourth-order valence-electron chi connectivity index (χ4n) is 3.00. The molecule has 0 saturated heterocycles. The predicted octanol–water partition coefficient (Wildman–Crippen LogP) is 5.27. The number of hydrogen-bond acceptors (Lipinski definition) is 4. The molecule has 0 bridgehead atoms. The van der Waals surface area contributed by atoms with E-state index in [9.17, 15) is 4.79 Å². The highest BCUT2D eigenvalue weighted by Gasteiger charge is 2.16. The zero-order valence-electron chi connectivity index (χ0n) is 17.1. The molecule has 0 spiro atoms. The Morgan fingerprint density at radius 3 is 2.52 bits per heavy atom. The third-order valence-corrected chi connectivity index (χ3v) is 4.39. The van der Waals surface area contributed by atoms with Crippen LogP contribution in [0.1, 0.15) is 36.8 Å². The quantitative estimate of drug-likeness (QED) is 0.570. The number of pyridine rings is 1. The number of rotatable bonds is 8. The summed E-state index contributed by atoms with van der Waals surface area (Å²) >= 11 is 0. The van der Waals surface area contributed by atoms with Gasteiger partial charge in [-0.05, 0) is 50.6 Å². The van der Waals surface area contributed by atoms with Crippen molar-refractivity contribution in [2.45, 2.75) is 33.4 Å². The molecule has 5 nitrogen and oxygen atoms in total. The van der Waals surface area contributed by atoms with Crippen LogP contribution in [0.15, 0.2) is 72.9 Å². The van der Waals surface area contributed by atoms with Gasteiger partial charge in [0, 0.05) is 25.0 Å². The molecule has 0 fully saturated rings. The molecule has 1 aromatic heterocycles. The first kappa shape index (κ1) is 20.4. The van der Waals surface area contributed by atoms with Gasteiger partial charge in [-0.1, -0.05) is 42.5 Å². The van der Waals surface area contributed by atoms with E-state index < -0.39 is 0 Å². The highest BCUT2D eigenvalue weighted by molar-refractivity contribution is 5.93. The zero-order chi connectivity index (χ0) is 20.6. The Hall–Kier alpha value is -3.34. The maximum Gasteiger partial charge on any atom is 0.272 e. The molecule has 3 rings (SSSR count). The Morgan fingerprint density at radius 2 is 1.79 bits per heavy atom. The van der Waals surface area contributed by atoms with Crippen LogP contribution in [0.5, 0.6) is 5.75 Å². The molecular formula is C24H27N3O2. The van der Waals surface area contributed by atoms with Gasteiger partial charge in [-0.15, -0.1) is 0 Å². The molecule has 29 heavy (non-hydrogen) atoms. The van der Waals surface area contributed by atoms with E-state index in [1.807, 2.05) is 81.4 Å². The number of amides is 1. The van der Waals surface area contributed by atoms with Crippen LogP contribution < -0.4 is 10.1 Å². The molecule has 5 heteroatoms. The second kappa shape index (κ2) is 9.73. The molecule has 0 aliphatic rings. The van der Waals surface area contributed by atoms with Crippen LogP contribution in [0.4, 0.5) is 11.4 Å². The Balaban J connectivity index is 1.78. The molecule has 1 amide bonds. The molecule has 1 heterocycles. The zero-order valence-corrected chi connectivity index (χ0v) is 17.1. The number of nitrogens with zero attached hydrogens (tertiary/aromatic N) is 2. The molecule has 150 valence electrons. The van der Waals surface area contributed by atoms with E-state index in [1.165, 1.54) is 0 Å². The van der Waals surface area contributed by atoms with E-state index in [0.29, 0.717) is 18.8 Å². The Labute approximate surface area is 172 Å². The van der Waals surface area contributed by atoms with Crippen LogP contribution in [0.2, 0.25) is 0 Å². The lowest BCUT2D eigenvalue weighted by Gasteiger charge is -2.21. The van der Waals surface area contributed by atoms with Crippen molar-refractivity contribution in [1.82, 2.24) is 9.88 Å². The number of para-hydroxylation sites is 2. The molecule has 0 unspecified atom stereocenters. The van der Waals surface area contributed by atoms with Gasteiger partial charge in [-0.3, -0.25) is 9.78 Å². The normalized spacial score (nSPS) is 10.6. The van der Waals surface area contributed by atoms with Gasteiger partial charge in [0.2, 0.25) is 0 Å². The summed E-state index contributed by atoms with van der Waals surface area (Å²) in [6.07, 6.45) is 1.72. The van der Waals surface area contributed by atoms with Crippen LogP contribution in [-0.4, -0.2) is 28.4 Å². The molecule has 3 aromatic rings. The molecule has 0 saturated carbocycles. The van der Waals surface area contributed by atoms with Gasteiger partial charge >= 0.3 is 0 Å². The molecule has 0 radical (unpaired) electrons. The van der Waals surface area contributed by atoms with Crippen LogP contribution in [0.3, 0.4) is 0 Å². The van der Waals surface area contributed by atoms with Gasteiger partial charge in [-0.25, -0.2) is 0 Å². The summed E-state index contributed by atoms with van der Waals surface area (Å²) in [5.41, 5.74) is 3.15. The monoisotopic (exact) mass is 389 g/mol. The van der Waals surface area contributed by atoms with Crippen molar-refractivity contribution in [2.24, 2.45) is 0 Å². The maximum absolute atomic E-state index is 13.0. The number of ether oxygens (including phenoxy) is 1. The van der Waals surface area contributed by atoms with Gasteiger partial charge in [0.1, 0.15) is 11.4 Å². The highest BCUT2D eigenvalue weighted by Crippen LogP contribution is 2.28. The summed E-state index contributed by atoms with van der Waals surface area (Å²) in [6.45, 7) is 7.12. The van der Waals surface area contributed by atoms with E-state index in [-0.39, 0.29) is 12.0 Å². The second-order valence-corrected chi connectivity index (χ2v) is 7.02. The topological polar surface area (TPSA) is 54.5 Å². The van der Waals surface area contributed by atoms with E-state index >= 15 is 0 Å². The van der Waals surface area contributed by atoms with Crippen molar-refractivity contribution < 1.29 is 9.53 Å². The summed E-state index contributed by atoms with van der Waals surface area (Å²) in [5, 5.41) is 3.34. The summed E-state index contributed by atoms with van der Waals surface area (Å²) in [5.74, 6) is 0.679. The van der Waals surface area contributed by atoms with Crippen molar-refractivity contribution in [1.29, 1.82) is 0 Å². The molecule has 0 aliphatic heterocycles. The van der Waals surface area contributed by atoms with E-state index in [0.717, 1.165) is 22.7 Å². The first-order valence-electron chi connectivity index (χ1n) is 9.88. The molecule has 0 atom stereocenters. The predicted molar refractivity (Wildman–Crippen MR) is 117 cm³/mol. The lowest BCUT2D eigenvalue weighted by atomic mass is 10.2. The number of aromatic nitrogens is 1. The first-order valence-corrected chi connectivity index (χ1v) is 9.88. The summed E-state index contributed by atoms with van der Waals surface area (Å²) in [4.78, 5) is 19.1. The van der Waals surface area contributed by atoms with Crippen LogP contribution in [0, 0.1) is 0 Å². The van der Waals surface area contributed by atoms with Crippen molar-refractivity contribution in [2.75, 3.05) is 11.9 Å². The van der Waals surface area contributed by atoms with E-state index in [2.05, 4.69) is 10.3 Å². The summed E-state index contributed by atoms with van der Waals surface area (Å²) in [7, 11) is 0. The fourth-order valence-corrected chi connectivity index (χ4v) is 3.00. The number of benzene rings is 2. The standard InChI is InChI=1S/C24H27N3O2/c1-4-27(17-19-10-6-5-7-11-19)24(28)22-16-20(14-15-25-22)26-21-12-8-9-13-23(21)29-18(2)3/h5-16,18H,4,17H2,1-3H3,(H,25,26). The smallest absolute Gasteiger partial charge is 0.272 e. The minimum Gasteiger partial charge on any atom is -0.489 e. The minimum atomic E-state index is -0.0910. The van der Waals surface area contributed by atoms with Crippen LogP contribution >= 0.6 is 0 Å². The van der Waals surface area contributed by atoms with Crippen molar-refractivity contribution in [3.8, 4) is 5.75 Å². The molecule has 2 aromatic carbocycles. The minimum absolute atomic E-state index is 0.0728. The third-order valence-electron chi connectivity index (χ3n) is 4.39. The van der Waals surface area contributed by atoms with Gasteiger partial charge in [-0.2, -0.15) is 0 Å². The van der Waals surface area contributed by atoms with Crippen molar-refractivity contribution in [3.63, 3.8) is 0 Å². The summed E-state index contributed by atoms with van der Waals surface area (Å²) in [6, 6.07) is 21.4. The number of carbonyl (C=O) groups excluding carboxylic acids is 1. The van der Waals surface area contributed by atoms with E-state index in [4.69, 9.17) is 4.74 Å². The second-order valence-electron chi connectivity index (χ2n) is 7.02. The van der Waals surface area contributed by atoms with Crippen molar-refractivity contribution >= 4 is 17.3 Å². The number of carbonyl (C=O) groups is 1. The number of anilines is 2. The highest BCUT2D eigenvalue weighted by atomic mass is 16.5. The van der Waals surface area contributed by atoms with E-state index in [1.54, 1.807) is 17.2 Å². The van der Waals surface area contributed by atoms with Gasteiger partial charge in [0.25, 0.3) is 5.91 Å². The molecular weight excluding hydrogens is 362 g/mol. The summed E-state index contributed by atoms with van der Waals surface area (Å²) < 4.78 is 5.86. The van der Waals surface area contributed by atoms with Gasteiger partial charge in [0.05, 0.1) is 11.8 Å². The van der Waals surface area contributed by atoms with Crippen molar-refractivity contribution in [3.05, 3.63) is 84.2 Å². The SMILES string of the molecule is CCN(Cc1ccccc1)C(=O)c1cc(Nc2ccccc2OC(C)C)ccn1. The number of nitrogens with one attached hydrogen (secondary N) is 1. The van der Waals surface area contributed by atoms with Crippen LogP contribution in [0.25, 0.3) is 0 Å². The first-order chi connectivity index (χ1) is 14.1. The lowest BCUT2D eigenvalue weighted by Crippen LogP contribution is -2.31. The Bertz CT molecular complexity index is 942. The fraction of sp³-hybridized carbons (Fsp3) is 0.250. The Morgan fingerprint density at radius 1 is 1.07 bits per heavy atom. The average molecular weight is 389 g/mol. The van der Waals surface area contributed by atoms with Crippen LogP contribution in [-0.2, 0) is 6.54 Å². The van der Waals surface area contributed by atoms with Gasteiger partial charge < -0.3 is 15.0 Å². The molecule has 0 aliphatic carbocycles. The molecule has 1 N–H and O–H groups in total. The largest absolute Gasteiger partial charge is 0.489 e.